The summed E-state index contributed by atoms with van der Waals surface area (Å²) >= 11 is 0. The molecule has 0 bridgehead atoms. The first kappa shape index (κ1) is 16.6. The monoisotopic (exact) mass is 341 g/mol. The molecule has 23 heavy (non-hydrogen) atoms. The molecule has 2 fully saturated rings. The second-order valence-electron chi connectivity index (χ2n) is 6.78. The third-order valence-corrected chi connectivity index (χ3v) is 8.10. The summed E-state index contributed by atoms with van der Waals surface area (Å²) in [6, 6.07) is 1.44. The largest absolute Gasteiger partial charge is 0.414 e. The van der Waals surface area contributed by atoms with Crippen molar-refractivity contribution < 1.29 is 19.4 Å². The van der Waals surface area contributed by atoms with Crippen molar-refractivity contribution in [2.24, 2.45) is 0 Å². The van der Waals surface area contributed by atoms with Crippen molar-refractivity contribution in [3.8, 4) is 0 Å². The summed E-state index contributed by atoms with van der Waals surface area (Å²) in [4.78, 5) is 15.5. The van der Waals surface area contributed by atoms with Crippen LogP contribution in [-0.4, -0.2) is 53.0 Å². The molecule has 0 amide bonds. The molecule has 8 nitrogen and oxygen atoms in total. The molecule has 2 aliphatic rings. The van der Waals surface area contributed by atoms with E-state index >= 15 is 0 Å². The molecule has 0 radical (unpaired) electrons. The van der Waals surface area contributed by atoms with Crippen molar-refractivity contribution in [1.82, 2.24) is 9.55 Å². The van der Waals surface area contributed by atoms with Crippen LogP contribution in [-0.2, 0) is 9.16 Å². The van der Waals surface area contributed by atoms with E-state index in [0.29, 0.717) is 5.54 Å². The normalized spacial score (nSPS) is 31.5. The van der Waals surface area contributed by atoms with Gasteiger partial charge < -0.3 is 25.1 Å². The van der Waals surface area contributed by atoms with Crippen LogP contribution in [0.25, 0.3) is 0 Å². The second kappa shape index (κ2) is 5.99. The lowest BCUT2D eigenvalue weighted by molar-refractivity contribution is -0.0526. The van der Waals surface area contributed by atoms with Crippen LogP contribution in [0.4, 0.5) is 5.82 Å². The highest BCUT2D eigenvalue weighted by Crippen LogP contribution is 2.45. The van der Waals surface area contributed by atoms with Gasteiger partial charge in [-0.15, -0.1) is 0 Å². The fourth-order valence-electron chi connectivity index (χ4n) is 2.91. The van der Waals surface area contributed by atoms with Crippen LogP contribution in [0.2, 0.25) is 18.6 Å². The van der Waals surface area contributed by atoms with Crippen molar-refractivity contribution in [3.63, 3.8) is 0 Å². The first-order valence-corrected chi connectivity index (χ1v) is 10.8. The predicted octanol–water partition coefficient (Wildman–Crippen LogP) is -0.170. The van der Waals surface area contributed by atoms with Gasteiger partial charge in [0.25, 0.3) is 0 Å². The van der Waals surface area contributed by atoms with Gasteiger partial charge in [0, 0.05) is 6.20 Å². The topological polar surface area (TPSA) is 120 Å². The number of nitrogens with two attached hydrogens (primary N) is 1. The minimum absolute atomic E-state index is 0.0938. The Morgan fingerprint density at radius 2 is 2.13 bits per heavy atom. The lowest BCUT2D eigenvalue weighted by Crippen LogP contribution is -2.39. The van der Waals surface area contributed by atoms with E-state index in [-0.39, 0.29) is 12.4 Å². The van der Waals surface area contributed by atoms with E-state index in [1.54, 1.807) is 0 Å². The number of hydrogen-bond acceptors (Lipinski definition) is 7. The molecule has 9 heteroatoms. The molecule has 2 heterocycles. The quantitative estimate of drug-likeness (QED) is 0.636. The molecule has 1 aliphatic heterocycles. The zero-order valence-corrected chi connectivity index (χ0v) is 14.3. The predicted molar refractivity (Wildman–Crippen MR) is 85.3 cm³/mol. The molecule has 0 aromatic carbocycles. The summed E-state index contributed by atoms with van der Waals surface area (Å²) in [5.41, 5.74) is 5.48. The molecule has 0 spiro atoms. The Labute approximate surface area is 135 Å². The maximum atomic E-state index is 11.9. The van der Waals surface area contributed by atoms with Crippen LogP contribution < -0.4 is 11.4 Å². The number of anilines is 1. The minimum Gasteiger partial charge on any atom is -0.414 e. The second-order valence-corrected chi connectivity index (χ2v) is 11.1. The third-order valence-electron chi connectivity index (χ3n) is 4.64. The summed E-state index contributed by atoms with van der Waals surface area (Å²) in [6.45, 7) is 4.50. The molecule has 4 unspecified atom stereocenters. The lowest BCUT2D eigenvalue weighted by atomic mass is 10.1. The van der Waals surface area contributed by atoms with Crippen LogP contribution in [0.5, 0.6) is 0 Å². The number of aromatic nitrogens is 2. The molecule has 3 rings (SSSR count). The molecule has 128 valence electrons. The van der Waals surface area contributed by atoms with E-state index in [0.717, 1.165) is 4.57 Å². The molecule has 1 aromatic rings. The number of aliphatic hydroxyl groups excluding tert-OH is 2. The van der Waals surface area contributed by atoms with E-state index in [1.807, 2.05) is 0 Å². The standard InChI is InChI=1S/C14H23N3O5Si/c1-23(2,8-3-4-8)21-7-9-11(18)12(19)13(22-9)17-6-5-10(15)16-14(17)20/h5-6,8-9,11-13,18-19H,3-4,7H2,1-2H3,(H2,15,16,20). The SMILES string of the molecule is C[Si](C)(OCC1OC(n2ccc(N)nc2=O)C(O)C1O)C1CC1. The van der Waals surface area contributed by atoms with E-state index in [1.165, 1.54) is 25.1 Å². The van der Waals surface area contributed by atoms with Crippen LogP contribution in [0.3, 0.4) is 0 Å². The number of hydrogen-bond donors (Lipinski definition) is 3. The van der Waals surface area contributed by atoms with Crippen molar-refractivity contribution >= 4 is 14.1 Å². The highest BCUT2D eigenvalue weighted by Gasteiger charge is 2.47. The molecule has 1 saturated heterocycles. The Morgan fingerprint density at radius 1 is 1.43 bits per heavy atom. The molecule has 1 saturated carbocycles. The summed E-state index contributed by atoms with van der Waals surface area (Å²) in [7, 11) is -1.78. The van der Waals surface area contributed by atoms with Crippen molar-refractivity contribution in [2.75, 3.05) is 12.3 Å². The van der Waals surface area contributed by atoms with Crippen molar-refractivity contribution in [2.45, 2.75) is 56.0 Å². The summed E-state index contributed by atoms with van der Waals surface area (Å²) < 4.78 is 12.8. The van der Waals surface area contributed by atoms with Gasteiger partial charge in [0.2, 0.25) is 0 Å². The zero-order valence-electron chi connectivity index (χ0n) is 13.3. The Hall–Kier alpha value is -1.26. The van der Waals surface area contributed by atoms with Crippen LogP contribution >= 0.6 is 0 Å². The van der Waals surface area contributed by atoms with Crippen LogP contribution in [0.1, 0.15) is 19.1 Å². The summed E-state index contributed by atoms with van der Waals surface area (Å²) in [6.07, 6.45) is -0.214. The first-order valence-electron chi connectivity index (χ1n) is 7.80. The summed E-state index contributed by atoms with van der Waals surface area (Å²) in [5.74, 6) is 0.0938. The van der Waals surface area contributed by atoms with Gasteiger partial charge in [0.1, 0.15) is 24.1 Å². The van der Waals surface area contributed by atoms with E-state index in [9.17, 15) is 15.0 Å². The van der Waals surface area contributed by atoms with Crippen molar-refractivity contribution in [1.29, 1.82) is 0 Å². The average molecular weight is 341 g/mol. The number of nitrogen functional groups attached to an aromatic ring is 1. The number of ether oxygens (including phenoxy) is 1. The van der Waals surface area contributed by atoms with E-state index < -0.39 is 38.5 Å². The molecule has 4 N–H and O–H groups in total. The van der Waals surface area contributed by atoms with E-state index in [2.05, 4.69) is 18.1 Å². The Morgan fingerprint density at radius 3 is 2.74 bits per heavy atom. The van der Waals surface area contributed by atoms with Crippen LogP contribution in [0, 0.1) is 0 Å². The fraction of sp³-hybridized carbons (Fsp3) is 0.714. The number of nitrogens with zero attached hydrogens (tertiary/aromatic N) is 2. The Kier molecular flexibility index (Phi) is 4.32. The maximum absolute atomic E-state index is 11.9. The fourth-order valence-corrected chi connectivity index (χ4v) is 5.30. The number of aliphatic hydroxyl groups is 2. The van der Waals surface area contributed by atoms with Gasteiger partial charge in [0.05, 0.1) is 6.61 Å². The molecule has 1 aromatic heterocycles. The maximum Gasteiger partial charge on any atom is 0.351 e. The zero-order chi connectivity index (χ0) is 16.8. The van der Waals surface area contributed by atoms with Gasteiger partial charge in [0.15, 0.2) is 14.5 Å². The molecular formula is C14H23N3O5Si. The Balaban J connectivity index is 1.69. The van der Waals surface area contributed by atoms with Gasteiger partial charge in [-0.25, -0.2) is 4.79 Å². The van der Waals surface area contributed by atoms with Gasteiger partial charge in [-0.2, -0.15) is 4.98 Å². The third kappa shape index (κ3) is 3.33. The van der Waals surface area contributed by atoms with E-state index in [4.69, 9.17) is 14.9 Å². The van der Waals surface area contributed by atoms with Gasteiger partial charge in [-0.05, 0) is 24.7 Å². The van der Waals surface area contributed by atoms with Gasteiger partial charge in [-0.3, -0.25) is 4.57 Å². The van der Waals surface area contributed by atoms with Gasteiger partial charge >= 0.3 is 5.69 Å². The average Bonchev–Trinajstić information content (AvgIpc) is 3.29. The lowest BCUT2D eigenvalue weighted by Gasteiger charge is -2.25. The molecule has 1 aliphatic carbocycles. The minimum atomic E-state index is -1.78. The Bertz CT molecular complexity index is 633. The van der Waals surface area contributed by atoms with Crippen molar-refractivity contribution in [3.05, 3.63) is 22.7 Å². The highest BCUT2D eigenvalue weighted by atomic mass is 28.4. The molecule has 4 atom stereocenters. The molecular weight excluding hydrogens is 318 g/mol. The highest BCUT2D eigenvalue weighted by molar-refractivity contribution is 6.73. The first-order chi connectivity index (χ1) is 10.8. The summed E-state index contributed by atoms with van der Waals surface area (Å²) in [5, 5.41) is 20.4. The smallest absolute Gasteiger partial charge is 0.351 e. The van der Waals surface area contributed by atoms with Crippen LogP contribution in [0.15, 0.2) is 17.1 Å². The number of rotatable bonds is 5. The van der Waals surface area contributed by atoms with Gasteiger partial charge in [-0.1, -0.05) is 12.8 Å².